The van der Waals surface area contributed by atoms with Gasteiger partial charge in [0.15, 0.2) is 5.84 Å². The lowest BCUT2D eigenvalue weighted by molar-refractivity contribution is 0.318. The van der Waals surface area contributed by atoms with E-state index in [0.29, 0.717) is 24.3 Å². The molecule has 0 fully saturated rings. The van der Waals surface area contributed by atoms with Crippen molar-refractivity contribution in [1.82, 2.24) is 5.32 Å². The highest BCUT2D eigenvalue weighted by molar-refractivity contribution is 5.99. The molecule has 0 aliphatic heterocycles. The van der Waals surface area contributed by atoms with Crippen LogP contribution in [0.1, 0.15) is 24.5 Å². The summed E-state index contributed by atoms with van der Waals surface area (Å²) < 4.78 is 5.17. The topological polar surface area (TPSA) is 79.9 Å². The van der Waals surface area contributed by atoms with Crippen LogP contribution in [-0.2, 0) is 6.54 Å². The molecule has 0 saturated heterocycles. The van der Waals surface area contributed by atoms with Crippen molar-refractivity contribution in [2.24, 2.45) is 10.9 Å². The number of benzene rings is 1. The molecule has 0 bridgehead atoms. The number of terminal acetylenes is 1. The van der Waals surface area contributed by atoms with Crippen molar-refractivity contribution in [1.29, 1.82) is 0 Å². The average molecular weight is 261 g/mol. The molecule has 0 spiro atoms. The lowest BCUT2D eigenvalue weighted by Crippen LogP contribution is -2.25. The van der Waals surface area contributed by atoms with Gasteiger partial charge in [-0.3, -0.25) is 0 Å². The van der Waals surface area contributed by atoms with Gasteiger partial charge < -0.3 is 21.0 Å². The van der Waals surface area contributed by atoms with Crippen LogP contribution in [0.5, 0.6) is 5.75 Å². The second-order valence-electron chi connectivity index (χ2n) is 4.21. The van der Waals surface area contributed by atoms with E-state index in [1.54, 1.807) is 6.07 Å². The summed E-state index contributed by atoms with van der Waals surface area (Å²) in [6.07, 6.45) is 5.92. The number of nitrogens with zero attached hydrogens (tertiary/aromatic N) is 1. The summed E-state index contributed by atoms with van der Waals surface area (Å²) in [7, 11) is 1.54. The Hall–Kier alpha value is -2.19. The fraction of sp³-hybridized carbons (Fsp3) is 0.357. The molecule has 0 radical (unpaired) electrons. The number of nitrogens with two attached hydrogens (primary N) is 1. The number of methoxy groups -OCH3 is 1. The summed E-state index contributed by atoms with van der Waals surface area (Å²) in [6, 6.07) is 5.77. The lowest BCUT2D eigenvalue weighted by atomic mass is 10.1. The zero-order chi connectivity index (χ0) is 14.3. The first-order chi connectivity index (χ1) is 9.12. The lowest BCUT2D eigenvalue weighted by Gasteiger charge is -2.13. The molecule has 0 heterocycles. The Morgan fingerprint density at radius 2 is 2.37 bits per heavy atom. The summed E-state index contributed by atoms with van der Waals surface area (Å²) in [6.45, 7) is 2.67. The van der Waals surface area contributed by atoms with E-state index in [0.717, 1.165) is 5.56 Å². The Labute approximate surface area is 113 Å². The third kappa shape index (κ3) is 4.19. The van der Waals surface area contributed by atoms with Crippen LogP contribution in [0.15, 0.2) is 23.4 Å². The maximum atomic E-state index is 8.76. The van der Waals surface area contributed by atoms with Crippen molar-refractivity contribution >= 4 is 5.84 Å². The van der Waals surface area contributed by atoms with E-state index in [4.69, 9.17) is 22.1 Å². The van der Waals surface area contributed by atoms with Crippen LogP contribution in [0.3, 0.4) is 0 Å². The Bertz CT molecular complexity index is 492. The molecular formula is C14H19N3O2. The van der Waals surface area contributed by atoms with Crippen LogP contribution in [0.2, 0.25) is 0 Å². The minimum absolute atomic E-state index is 0.0235. The van der Waals surface area contributed by atoms with E-state index in [2.05, 4.69) is 16.4 Å². The third-order valence-electron chi connectivity index (χ3n) is 2.73. The quantitative estimate of drug-likeness (QED) is 0.237. The predicted octanol–water partition coefficient (Wildman–Crippen LogP) is 1.29. The number of oxime groups is 1. The SMILES string of the molecule is C#CCC(C)NCc1ccc(OC)c(/C(N)=N/O)c1. The van der Waals surface area contributed by atoms with Crippen LogP contribution in [0, 0.1) is 12.3 Å². The summed E-state index contributed by atoms with van der Waals surface area (Å²) in [5, 5.41) is 15.1. The molecule has 5 nitrogen and oxygen atoms in total. The minimum atomic E-state index is 0.0235. The molecule has 0 aliphatic carbocycles. The number of rotatable bonds is 6. The van der Waals surface area contributed by atoms with E-state index in [1.807, 2.05) is 19.1 Å². The summed E-state index contributed by atoms with van der Waals surface area (Å²) in [4.78, 5) is 0. The van der Waals surface area contributed by atoms with E-state index < -0.39 is 0 Å². The van der Waals surface area contributed by atoms with Crippen molar-refractivity contribution in [3.05, 3.63) is 29.3 Å². The smallest absolute Gasteiger partial charge is 0.173 e. The molecule has 19 heavy (non-hydrogen) atoms. The number of hydrogen-bond acceptors (Lipinski definition) is 4. The van der Waals surface area contributed by atoms with E-state index in [9.17, 15) is 0 Å². The molecule has 0 aromatic heterocycles. The van der Waals surface area contributed by atoms with Gasteiger partial charge in [0.1, 0.15) is 5.75 Å². The van der Waals surface area contributed by atoms with Gasteiger partial charge in [0, 0.05) is 19.0 Å². The first kappa shape index (κ1) is 14.9. The zero-order valence-electron chi connectivity index (χ0n) is 11.2. The van der Waals surface area contributed by atoms with Crippen LogP contribution in [0.25, 0.3) is 0 Å². The highest BCUT2D eigenvalue weighted by atomic mass is 16.5. The van der Waals surface area contributed by atoms with Gasteiger partial charge in [-0.15, -0.1) is 12.3 Å². The molecule has 1 rings (SSSR count). The van der Waals surface area contributed by atoms with Crippen molar-refractivity contribution in [3.8, 4) is 18.1 Å². The highest BCUT2D eigenvalue weighted by Crippen LogP contribution is 2.19. The average Bonchev–Trinajstić information content (AvgIpc) is 2.44. The summed E-state index contributed by atoms with van der Waals surface area (Å²) in [5.41, 5.74) is 7.19. The number of hydrogen-bond donors (Lipinski definition) is 3. The van der Waals surface area contributed by atoms with Gasteiger partial charge in [-0.25, -0.2) is 0 Å². The molecule has 102 valence electrons. The van der Waals surface area contributed by atoms with Crippen LogP contribution in [0.4, 0.5) is 0 Å². The van der Waals surface area contributed by atoms with Gasteiger partial charge >= 0.3 is 0 Å². The summed E-state index contributed by atoms with van der Waals surface area (Å²) >= 11 is 0. The largest absolute Gasteiger partial charge is 0.496 e. The van der Waals surface area contributed by atoms with Gasteiger partial charge in [-0.1, -0.05) is 11.2 Å². The van der Waals surface area contributed by atoms with Crippen molar-refractivity contribution in [2.75, 3.05) is 7.11 Å². The van der Waals surface area contributed by atoms with Crippen molar-refractivity contribution < 1.29 is 9.94 Å². The van der Waals surface area contributed by atoms with Gasteiger partial charge in [0.2, 0.25) is 0 Å². The second-order valence-corrected chi connectivity index (χ2v) is 4.21. The zero-order valence-corrected chi connectivity index (χ0v) is 11.2. The molecule has 4 N–H and O–H groups in total. The first-order valence-corrected chi connectivity index (χ1v) is 5.94. The Balaban J connectivity index is 2.84. The normalized spacial score (nSPS) is 12.8. The van der Waals surface area contributed by atoms with Gasteiger partial charge in [-0.05, 0) is 24.6 Å². The van der Waals surface area contributed by atoms with Crippen LogP contribution < -0.4 is 15.8 Å². The second kappa shape index (κ2) is 7.29. The fourth-order valence-electron chi connectivity index (χ4n) is 1.66. The van der Waals surface area contributed by atoms with Crippen molar-refractivity contribution in [2.45, 2.75) is 25.9 Å². The minimum Gasteiger partial charge on any atom is -0.496 e. The standard InChI is InChI=1S/C14H19N3O2/c1-4-5-10(2)16-9-11-6-7-13(19-3)12(8-11)14(15)17-18/h1,6-8,10,16,18H,5,9H2,2-3H3,(H2,15,17). The fourth-order valence-corrected chi connectivity index (χ4v) is 1.66. The van der Waals surface area contributed by atoms with Gasteiger partial charge in [-0.2, -0.15) is 0 Å². The van der Waals surface area contributed by atoms with Gasteiger partial charge in [0.25, 0.3) is 0 Å². The Morgan fingerprint density at radius 1 is 1.63 bits per heavy atom. The Kier molecular flexibility index (Phi) is 5.71. The maximum absolute atomic E-state index is 8.76. The number of ether oxygens (including phenoxy) is 1. The van der Waals surface area contributed by atoms with Crippen LogP contribution in [-0.4, -0.2) is 24.2 Å². The van der Waals surface area contributed by atoms with Gasteiger partial charge in [0.05, 0.1) is 12.7 Å². The Morgan fingerprint density at radius 3 is 2.95 bits per heavy atom. The van der Waals surface area contributed by atoms with E-state index >= 15 is 0 Å². The number of nitrogens with one attached hydrogen (secondary N) is 1. The monoisotopic (exact) mass is 261 g/mol. The molecule has 1 unspecified atom stereocenters. The molecule has 0 aliphatic rings. The highest BCUT2D eigenvalue weighted by Gasteiger charge is 2.09. The van der Waals surface area contributed by atoms with Crippen LogP contribution >= 0.6 is 0 Å². The molecule has 1 atom stereocenters. The number of amidine groups is 1. The maximum Gasteiger partial charge on any atom is 0.173 e. The van der Waals surface area contributed by atoms with Crippen molar-refractivity contribution in [3.63, 3.8) is 0 Å². The third-order valence-corrected chi connectivity index (χ3v) is 2.73. The summed E-state index contributed by atoms with van der Waals surface area (Å²) in [5.74, 6) is 3.20. The van der Waals surface area contributed by atoms with E-state index in [-0.39, 0.29) is 11.9 Å². The predicted molar refractivity (Wildman–Crippen MR) is 75.3 cm³/mol. The molecule has 5 heteroatoms. The molecule has 1 aromatic carbocycles. The van der Waals surface area contributed by atoms with E-state index in [1.165, 1.54) is 7.11 Å². The first-order valence-electron chi connectivity index (χ1n) is 5.94. The molecule has 0 amide bonds. The molecule has 1 aromatic rings. The molecule has 0 saturated carbocycles. The molecular weight excluding hydrogens is 242 g/mol.